The lowest BCUT2D eigenvalue weighted by molar-refractivity contribution is -0.111. The summed E-state index contributed by atoms with van der Waals surface area (Å²) in [4.78, 5) is 24.1. The Morgan fingerprint density at radius 1 is 1.06 bits per heavy atom. The van der Waals surface area contributed by atoms with Crippen LogP contribution in [0.3, 0.4) is 0 Å². The summed E-state index contributed by atoms with van der Waals surface area (Å²) >= 11 is 0. The van der Waals surface area contributed by atoms with Gasteiger partial charge in [-0.2, -0.15) is 0 Å². The third-order valence-electron chi connectivity index (χ3n) is 5.84. The van der Waals surface area contributed by atoms with Gasteiger partial charge in [-0.1, -0.05) is 30.8 Å². The summed E-state index contributed by atoms with van der Waals surface area (Å²) in [6, 6.07) is 16.2. The van der Waals surface area contributed by atoms with Crippen LogP contribution in [0.15, 0.2) is 61.2 Å². The quantitative estimate of drug-likeness (QED) is 0.368. The highest BCUT2D eigenvalue weighted by atomic mass is 16.1. The van der Waals surface area contributed by atoms with E-state index in [0.29, 0.717) is 18.0 Å². The molecule has 0 saturated heterocycles. The molecule has 0 fully saturated rings. The van der Waals surface area contributed by atoms with Crippen LogP contribution >= 0.6 is 0 Å². The molecule has 1 aliphatic carbocycles. The van der Waals surface area contributed by atoms with Gasteiger partial charge in [-0.3, -0.25) is 9.59 Å². The standard InChI is InChI=1S/C27H27N3O2/c1-5-25(31)30-24-8-6-7-19(16(24)4)21-11-12-22(27(28)32)23-14-17-13-18(29-15(2)3)9-10-20(17)26(21)23/h5-13,15,29H,1,14H2,2-4H3,(H2,28,32)(H,30,31). The zero-order chi connectivity index (χ0) is 23.0. The highest BCUT2D eigenvalue weighted by molar-refractivity contribution is 6.03. The van der Waals surface area contributed by atoms with Gasteiger partial charge in [0.05, 0.1) is 0 Å². The minimum atomic E-state index is -0.426. The van der Waals surface area contributed by atoms with Crippen molar-refractivity contribution in [2.45, 2.75) is 33.2 Å². The molecular formula is C27H27N3O2. The first-order chi connectivity index (χ1) is 15.3. The van der Waals surface area contributed by atoms with Gasteiger partial charge < -0.3 is 16.4 Å². The van der Waals surface area contributed by atoms with Gasteiger partial charge in [0.25, 0.3) is 0 Å². The largest absolute Gasteiger partial charge is 0.383 e. The van der Waals surface area contributed by atoms with Gasteiger partial charge in [-0.15, -0.1) is 0 Å². The number of anilines is 2. The van der Waals surface area contributed by atoms with Crippen LogP contribution in [0.1, 0.15) is 40.9 Å². The number of benzene rings is 3. The number of primary amides is 1. The van der Waals surface area contributed by atoms with Crippen molar-refractivity contribution in [1.82, 2.24) is 0 Å². The Kier molecular flexibility index (Phi) is 5.57. The van der Waals surface area contributed by atoms with Crippen molar-refractivity contribution < 1.29 is 9.59 Å². The lowest BCUT2D eigenvalue weighted by atomic mass is 9.89. The Labute approximate surface area is 188 Å². The van der Waals surface area contributed by atoms with E-state index in [4.69, 9.17) is 5.73 Å². The molecule has 0 spiro atoms. The van der Waals surface area contributed by atoms with Crippen molar-refractivity contribution in [2.24, 2.45) is 5.73 Å². The van der Waals surface area contributed by atoms with E-state index in [1.54, 1.807) is 0 Å². The van der Waals surface area contributed by atoms with Crippen LogP contribution in [0.25, 0.3) is 22.3 Å². The fourth-order valence-corrected chi connectivity index (χ4v) is 4.44. The normalized spacial score (nSPS) is 11.6. The average Bonchev–Trinajstić information content (AvgIpc) is 3.12. The smallest absolute Gasteiger partial charge is 0.249 e. The molecule has 1 aliphatic rings. The van der Waals surface area contributed by atoms with E-state index >= 15 is 0 Å². The molecule has 0 aromatic heterocycles. The maximum absolute atomic E-state index is 12.2. The minimum absolute atomic E-state index is 0.255. The topological polar surface area (TPSA) is 84.2 Å². The van der Waals surface area contributed by atoms with E-state index in [1.165, 1.54) is 6.08 Å². The van der Waals surface area contributed by atoms with Gasteiger partial charge in [0.1, 0.15) is 0 Å². The van der Waals surface area contributed by atoms with Crippen LogP contribution in [0, 0.1) is 6.92 Å². The molecule has 5 heteroatoms. The van der Waals surface area contributed by atoms with Crippen molar-refractivity contribution in [3.05, 3.63) is 83.4 Å². The maximum atomic E-state index is 12.2. The molecule has 0 bridgehead atoms. The van der Waals surface area contributed by atoms with E-state index in [1.807, 2.05) is 37.3 Å². The minimum Gasteiger partial charge on any atom is -0.383 e. The van der Waals surface area contributed by atoms with Gasteiger partial charge in [-0.05, 0) is 96.5 Å². The van der Waals surface area contributed by atoms with Crippen LogP contribution in [-0.4, -0.2) is 17.9 Å². The summed E-state index contributed by atoms with van der Waals surface area (Å²) in [5.41, 5.74) is 15.3. The number of nitrogens with two attached hydrogens (primary N) is 1. The second kappa shape index (κ2) is 8.35. The number of hydrogen-bond donors (Lipinski definition) is 3. The molecule has 3 aromatic carbocycles. The van der Waals surface area contributed by atoms with Gasteiger partial charge in [-0.25, -0.2) is 0 Å². The number of nitrogens with one attached hydrogen (secondary N) is 2. The van der Waals surface area contributed by atoms with Crippen molar-refractivity contribution in [1.29, 1.82) is 0 Å². The van der Waals surface area contributed by atoms with E-state index in [0.717, 1.165) is 50.3 Å². The Bertz CT molecular complexity index is 1260. The number of rotatable bonds is 6. The molecule has 32 heavy (non-hydrogen) atoms. The Hall–Kier alpha value is -3.86. The predicted molar refractivity (Wildman–Crippen MR) is 131 cm³/mol. The highest BCUT2D eigenvalue weighted by Crippen LogP contribution is 2.46. The second-order valence-corrected chi connectivity index (χ2v) is 8.40. The third kappa shape index (κ3) is 3.78. The molecule has 0 atom stereocenters. The highest BCUT2D eigenvalue weighted by Gasteiger charge is 2.27. The molecule has 162 valence electrons. The van der Waals surface area contributed by atoms with Crippen LogP contribution < -0.4 is 16.4 Å². The number of fused-ring (bicyclic) bond motifs is 3. The summed E-state index contributed by atoms with van der Waals surface area (Å²) in [6.45, 7) is 9.72. The summed E-state index contributed by atoms with van der Waals surface area (Å²) in [7, 11) is 0. The third-order valence-corrected chi connectivity index (χ3v) is 5.84. The summed E-state index contributed by atoms with van der Waals surface area (Å²) < 4.78 is 0. The monoisotopic (exact) mass is 425 g/mol. The molecule has 0 radical (unpaired) electrons. The fourth-order valence-electron chi connectivity index (χ4n) is 4.44. The molecule has 3 aromatic rings. The average molecular weight is 426 g/mol. The molecule has 0 saturated carbocycles. The van der Waals surface area contributed by atoms with Gasteiger partial charge in [0, 0.05) is 23.0 Å². The first-order valence-electron chi connectivity index (χ1n) is 10.7. The summed E-state index contributed by atoms with van der Waals surface area (Å²) in [6.07, 6.45) is 1.90. The van der Waals surface area contributed by atoms with Crippen molar-refractivity contribution >= 4 is 23.2 Å². The molecule has 2 amide bonds. The van der Waals surface area contributed by atoms with E-state index in [2.05, 4.69) is 49.3 Å². The zero-order valence-corrected chi connectivity index (χ0v) is 18.6. The molecule has 0 aliphatic heterocycles. The van der Waals surface area contributed by atoms with Crippen LogP contribution in [0.5, 0.6) is 0 Å². The van der Waals surface area contributed by atoms with Gasteiger partial charge in [0.2, 0.25) is 11.8 Å². The van der Waals surface area contributed by atoms with Crippen LogP contribution in [0.4, 0.5) is 11.4 Å². The Morgan fingerprint density at radius 2 is 1.81 bits per heavy atom. The number of carbonyl (C=O) groups excluding carboxylic acids is 2. The molecule has 4 N–H and O–H groups in total. The molecule has 0 heterocycles. The van der Waals surface area contributed by atoms with Crippen molar-refractivity contribution in [3.8, 4) is 22.3 Å². The SMILES string of the molecule is C=CC(=O)Nc1cccc(-c2ccc(C(N)=O)c3c2-c2ccc(NC(C)C)cc2C3)c1C. The van der Waals surface area contributed by atoms with Gasteiger partial charge >= 0.3 is 0 Å². The molecule has 4 rings (SSSR count). The number of amides is 2. The molecule has 0 unspecified atom stereocenters. The van der Waals surface area contributed by atoms with E-state index in [-0.39, 0.29) is 5.91 Å². The van der Waals surface area contributed by atoms with Crippen molar-refractivity contribution in [2.75, 3.05) is 10.6 Å². The number of carbonyl (C=O) groups is 2. The van der Waals surface area contributed by atoms with E-state index in [9.17, 15) is 9.59 Å². The Balaban J connectivity index is 1.90. The van der Waals surface area contributed by atoms with Gasteiger partial charge in [0.15, 0.2) is 0 Å². The molecular weight excluding hydrogens is 398 g/mol. The predicted octanol–water partition coefficient (Wildman–Crippen LogP) is 5.28. The maximum Gasteiger partial charge on any atom is 0.249 e. The lowest BCUT2D eigenvalue weighted by Gasteiger charge is -2.17. The number of hydrogen-bond acceptors (Lipinski definition) is 3. The summed E-state index contributed by atoms with van der Waals surface area (Å²) in [5.74, 6) is -0.681. The van der Waals surface area contributed by atoms with Crippen molar-refractivity contribution in [3.63, 3.8) is 0 Å². The first-order valence-corrected chi connectivity index (χ1v) is 10.7. The summed E-state index contributed by atoms with van der Waals surface area (Å²) in [5, 5.41) is 6.32. The second-order valence-electron chi connectivity index (χ2n) is 8.40. The fraction of sp³-hybridized carbons (Fsp3) is 0.185. The molecule has 5 nitrogen and oxygen atoms in total. The Morgan fingerprint density at radius 3 is 2.50 bits per heavy atom. The van der Waals surface area contributed by atoms with Crippen LogP contribution in [0.2, 0.25) is 0 Å². The first kappa shape index (κ1) is 21.4. The lowest BCUT2D eigenvalue weighted by Crippen LogP contribution is -2.14. The zero-order valence-electron chi connectivity index (χ0n) is 18.6. The van der Waals surface area contributed by atoms with Crippen LogP contribution in [-0.2, 0) is 11.2 Å². The van der Waals surface area contributed by atoms with E-state index < -0.39 is 5.91 Å².